The lowest BCUT2D eigenvalue weighted by Gasteiger charge is -1.99. The summed E-state index contributed by atoms with van der Waals surface area (Å²) in [4.78, 5) is 4.30. The first-order valence-corrected chi connectivity index (χ1v) is 5.76. The number of benzene rings is 1. The highest BCUT2D eigenvalue weighted by Gasteiger charge is 2.11. The summed E-state index contributed by atoms with van der Waals surface area (Å²) in [5.41, 5.74) is 7.28. The van der Waals surface area contributed by atoms with Crippen LogP contribution in [0.3, 0.4) is 0 Å². The number of rotatable bonds is 2. The summed E-state index contributed by atoms with van der Waals surface area (Å²) in [7, 11) is 0. The van der Waals surface area contributed by atoms with Gasteiger partial charge in [0, 0.05) is 21.6 Å². The second-order valence-corrected chi connectivity index (χ2v) is 4.70. The maximum Gasteiger partial charge on any atom is 0.258 e. The third kappa shape index (κ3) is 2.09. The van der Waals surface area contributed by atoms with Crippen LogP contribution in [0.5, 0.6) is 0 Å². The normalized spacial score (nSPS) is 11.0. The SMILES string of the molecule is CC(C)c1noc(-c2ccc(Br)c(N)c2)n1. The molecule has 0 aliphatic rings. The Balaban J connectivity index is 2.39. The number of anilines is 1. The van der Waals surface area contributed by atoms with Crippen molar-refractivity contribution in [1.82, 2.24) is 10.1 Å². The van der Waals surface area contributed by atoms with E-state index in [1.807, 2.05) is 32.0 Å². The van der Waals surface area contributed by atoms with Gasteiger partial charge in [-0.3, -0.25) is 0 Å². The van der Waals surface area contributed by atoms with Gasteiger partial charge in [0.05, 0.1) is 0 Å². The van der Waals surface area contributed by atoms with Crippen LogP contribution in [0.2, 0.25) is 0 Å². The van der Waals surface area contributed by atoms with Crippen LogP contribution in [0.15, 0.2) is 27.2 Å². The van der Waals surface area contributed by atoms with Gasteiger partial charge in [0.2, 0.25) is 0 Å². The molecule has 2 rings (SSSR count). The van der Waals surface area contributed by atoms with Crippen molar-refractivity contribution in [3.63, 3.8) is 0 Å². The third-order valence-corrected chi connectivity index (χ3v) is 2.92. The van der Waals surface area contributed by atoms with E-state index in [-0.39, 0.29) is 5.92 Å². The lowest BCUT2D eigenvalue weighted by Crippen LogP contribution is -1.90. The molecule has 0 saturated carbocycles. The van der Waals surface area contributed by atoms with Crippen LogP contribution in [0.25, 0.3) is 11.5 Å². The van der Waals surface area contributed by atoms with Crippen molar-refractivity contribution in [2.75, 3.05) is 5.73 Å². The third-order valence-electron chi connectivity index (χ3n) is 2.20. The van der Waals surface area contributed by atoms with Crippen molar-refractivity contribution in [2.24, 2.45) is 0 Å². The number of nitrogens with two attached hydrogens (primary N) is 1. The van der Waals surface area contributed by atoms with Crippen molar-refractivity contribution in [1.29, 1.82) is 0 Å². The van der Waals surface area contributed by atoms with Gasteiger partial charge in [-0.15, -0.1) is 0 Å². The molecule has 16 heavy (non-hydrogen) atoms. The molecule has 0 bridgehead atoms. The fourth-order valence-electron chi connectivity index (χ4n) is 1.26. The van der Waals surface area contributed by atoms with E-state index in [4.69, 9.17) is 10.3 Å². The molecular formula is C11H12BrN3O. The standard InChI is InChI=1S/C11H12BrN3O/c1-6(2)10-14-11(16-15-10)7-3-4-8(12)9(13)5-7/h3-6H,13H2,1-2H3. The minimum Gasteiger partial charge on any atom is -0.398 e. The van der Waals surface area contributed by atoms with Crippen LogP contribution in [0, 0.1) is 0 Å². The Kier molecular flexibility index (Phi) is 2.96. The first kappa shape index (κ1) is 11.1. The second-order valence-electron chi connectivity index (χ2n) is 3.85. The van der Waals surface area contributed by atoms with Gasteiger partial charge in [-0.25, -0.2) is 0 Å². The molecule has 0 aliphatic heterocycles. The summed E-state index contributed by atoms with van der Waals surface area (Å²) in [6.07, 6.45) is 0. The Hall–Kier alpha value is -1.36. The maximum atomic E-state index is 5.79. The van der Waals surface area contributed by atoms with E-state index in [2.05, 4.69) is 26.1 Å². The number of halogens is 1. The summed E-state index contributed by atoms with van der Waals surface area (Å²) in [5.74, 6) is 1.46. The lowest BCUT2D eigenvalue weighted by atomic mass is 10.2. The molecular weight excluding hydrogens is 270 g/mol. The highest BCUT2D eigenvalue weighted by Crippen LogP contribution is 2.26. The molecule has 1 heterocycles. The number of hydrogen-bond donors (Lipinski definition) is 1. The Morgan fingerprint density at radius 2 is 2.12 bits per heavy atom. The molecule has 0 saturated heterocycles. The van der Waals surface area contributed by atoms with E-state index >= 15 is 0 Å². The van der Waals surface area contributed by atoms with Crippen molar-refractivity contribution < 1.29 is 4.52 Å². The monoisotopic (exact) mass is 281 g/mol. The summed E-state index contributed by atoms with van der Waals surface area (Å²) >= 11 is 3.34. The molecule has 1 aromatic carbocycles. The van der Waals surface area contributed by atoms with Crippen LogP contribution in [0.1, 0.15) is 25.6 Å². The quantitative estimate of drug-likeness (QED) is 0.859. The molecule has 1 aromatic heterocycles. The lowest BCUT2D eigenvalue weighted by molar-refractivity contribution is 0.419. The van der Waals surface area contributed by atoms with Crippen molar-refractivity contribution in [2.45, 2.75) is 19.8 Å². The average Bonchev–Trinajstić information content (AvgIpc) is 2.71. The maximum absolute atomic E-state index is 5.79. The highest BCUT2D eigenvalue weighted by atomic mass is 79.9. The van der Waals surface area contributed by atoms with Crippen LogP contribution >= 0.6 is 15.9 Å². The largest absolute Gasteiger partial charge is 0.398 e. The molecule has 0 radical (unpaired) electrons. The van der Waals surface area contributed by atoms with Crippen LogP contribution in [0.4, 0.5) is 5.69 Å². The average molecular weight is 282 g/mol. The second kappa shape index (κ2) is 4.25. The van der Waals surface area contributed by atoms with Gasteiger partial charge in [-0.2, -0.15) is 4.98 Å². The number of hydrogen-bond acceptors (Lipinski definition) is 4. The van der Waals surface area contributed by atoms with Crippen molar-refractivity contribution in [3.05, 3.63) is 28.5 Å². The van der Waals surface area contributed by atoms with Crippen molar-refractivity contribution in [3.8, 4) is 11.5 Å². The smallest absolute Gasteiger partial charge is 0.258 e. The molecule has 4 nitrogen and oxygen atoms in total. The number of nitrogen functional groups attached to an aromatic ring is 1. The minimum absolute atomic E-state index is 0.255. The fourth-order valence-corrected chi connectivity index (χ4v) is 1.51. The van der Waals surface area contributed by atoms with Gasteiger partial charge >= 0.3 is 0 Å². The zero-order valence-electron chi connectivity index (χ0n) is 9.07. The molecule has 0 amide bonds. The number of aromatic nitrogens is 2. The van der Waals surface area contributed by atoms with E-state index in [1.54, 1.807) is 0 Å². The number of nitrogens with zero attached hydrogens (tertiary/aromatic N) is 2. The molecule has 0 fully saturated rings. The Morgan fingerprint density at radius 3 is 2.69 bits per heavy atom. The molecule has 84 valence electrons. The summed E-state index contributed by atoms with van der Waals surface area (Å²) in [5, 5.41) is 3.91. The van der Waals surface area contributed by atoms with Crippen LogP contribution in [-0.4, -0.2) is 10.1 Å². The van der Waals surface area contributed by atoms with Gasteiger partial charge in [-0.05, 0) is 34.1 Å². The van der Waals surface area contributed by atoms with Crippen molar-refractivity contribution >= 4 is 21.6 Å². The molecule has 0 unspecified atom stereocenters. The topological polar surface area (TPSA) is 64.9 Å². The van der Waals surface area contributed by atoms with Gasteiger partial charge in [-0.1, -0.05) is 19.0 Å². The Bertz CT molecular complexity index is 508. The fraction of sp³-hybridized carbons (Fsp3) is 0.273. The molecule has 5 heteroatoms. The zero-order chi connectivity index (χ0) is 11.7. The Morgan fingerprint density at radius 1 is 1.38 bits per heavy atom. The zero-order valence-corrected chi connectivity index (χ0v) is 10.7. The molecule has 0 spiro atoms. The first-order valence-electron chi connectivity index (χ1n) is 4.97. The Labute approximate surface area is 102 Å². The van der Waals surface area contributed by atoms with E-state index in [9.17, 15) is 0 Å². The summed E-state index contributed by atoms with van der Waals surface area (Å²) in [6, 6.07) is 5.56. The highest BCUT2D eigenvalue weighted by molar-refractivity contribution is 9.10. The van der Waals surface area contributed by atoms with Gasteiger partial charge in [0.1, 0.15) is 0 Å². The summed E-state index contributed by atoms with van der Waals surface area (Å²) in [6.45, 7) is 4.04. The summed E-state index contributed by atoms with van der Waals surface area (Å²) < 4.78 is 6.04. The van der Waals surface area contributed by atoms with E-state index in [0.29, 0.717) is 17.4 Å². The molecule has 2 aromatic rings. The minimum atomic E-state index is 0.255. The molecule has 0 aliphatic carbocycles. The van der Waals surface area contributed by atoms with Gasteiger partial charge in [0.15, 0.2) is 5.82 Å². The predicted molar refractivity (Wildman–Crippen MR) is 65.9 cm³/mol. The van der Waals surface area contributed by atoms with Crippen LogP contribution in [-0.2, 0) is 0 Å². The van der Waals surface area contributed by atoms with E-state index < -0.39 is 0 Å². The van der Waals surface area contributed by atoms with E-state index in [1.165, 1.54) is 0 Å². The molecule has 2 N–H and O–H groups in total. The predicted octanol–water partition coefficient (Wildman–Crippen LogP) is 3.20. The van der Waals surface area contributed by atoms with E-state index in [0.717, 1.165) is 10.0 Å². The van der Waals surface area contributed by atoms with Crippen LogP contribution < -0.4 is 5.73 Å². The first-order chi connectivity index (χ1) is 7.58. The van der Waals surface area contributed by atoms with Gasteiger partial charge < -0.3 is 10.3 Å². The molecule has 0 atom stereocenters. The van der Waals surface area contributed by atoms with Gasteiger partial charge in [0.25, 0.3) is 5.89 Å².